The number of aromatic nitrogens is 1. The van der Waals surface area contributed by atoms with Gasteiger partial charge < -0.3 is 14.8 Å². The van der Waals surface area contributed by atoms with Crippen molar-refractivity contribution in [1.82, 2.24) is 4.57 Å². The van der Waals surface area contributed by atoms with E-state index < -0.39 is 6.10 Å². The lowest BCUT2D eigenvalue weighted by Crippen LogP contribution is -2.25. The van der Waals surface area contributed by atoms with E-state index in [1.807, 2.05) is 12.1 Å². The number of hydrogen-bond donors (Lipinski definition) is 2. The smallest absolute Gasteiger partial charge is 0.147 e. The number of aliphatic hydroxyl groups excluding tert-OH is 2. The molecule has 1 heterocycles. The number of hydrogen-bond acceptors (Lipinski definition) is 2. The minimum atomic E-state index is -0.909. The first-order chi connectivity index (χ1) is 10.4. The second kappa shape index (κ2) is 5.91. The summed E-state index contributed by atoms with van der Waals surface area (Å²) in [6, 6.07) is 5.60. The maximum atomic E-state index is 14.8. The van der Waals surface area contributed by atoms with Crippen molar-refractivity contribution in [3.8, 4) is 0 Å². The minimum Gasteiger partial charge on any atom is -0.394 e. The lowest BCUT2D eigenvalue weighted by molar-refractivity contribution is 0.0809. The van der Waals surface area contributed by atoms with E-state index in [2.05, 4.69) is 41.5 Å². The molecule has 0 saturated heterocycles. The zero-order valence-electron chi connectivity index (χ0n) is 14.9. The predicted molar refractivity (Wildman–Crippen MR) is 92.4 cm³/mol. The Bertz CT molecular complexity index is 705. The van der Waals surface area contributed by atoms with Gasteiger partial charge in [0.2, 0.25) is 0 Å². The third kappa shape index (κ3) is 3.59. The molecule has 1 aromatic carbocycles. The van der Waals surface area contributed by atoms with Crippen molar-refractivity contribution in [3.63, 3.8) is 0 Å². The quantitative estimate of drug-likeness (QED) is 0.905. The highest BCUT2D eigenvalue weighted by Gasteiger charge is 2.25. The van der Waals surface area contributed by atoms with Crippen molar-refractivity contribution in [2.24, 2.45) is 0 Å². The van der Waals surface area contributed by atoms with Crippen molar-refractivity contribution < 1.29 is 14.6 Å². The fourth-order valence-corrected chi connectivity index (χ4v) is 2.87. The molecule has 1 atom stereocenters. The maximum Gasteiger partial charge on any atom is 0.147 e. The Morgan fingerprint density at radius 1 is 1.04 bits per heavy atom. The zero-order valence-corrected chi connectivity index (χ0v) is 14.9. The second-order valence-corrected chi connectivity index (χ2v) is 8.37. The van der Waals surface area contributed by atoms with Gasteiger partial charge in [-0.15, -0.1) is 0 Å². The molecule has 2 aromatic rings. The minimum absolute atomic E-state index is 0.135. The summed E-state index contributed by atoms with van der Waals surface area (Å²) < 4.78 is 16.6. The van der Waals surface area contributed by atoms with E-state index >= 15 is 0 Å². The first-order valence-corrected chi connectivity index (χ1v) is 8.08. The first-order valence-electron chi connectivity index (χ1n) is 8.08. The summed E-state index contributed by atoms with van der Waals surface area (Å²) >= 11 is 0. The largest absolute Gasteiger partial charge is 0.394 e. The molecule has 2 rings (SSSR count). The monoisotopic (exact) mass is 321 g/mol. The van der Waals surface area contributed by atoms with E-state index in [-0.39, 0.29) is 29.8 Å². The van der Waals surface area contributed by atoms with Crippen molar-refractivity contribution in [3.05, 3.63) is 35.3 Å². The van der Waals surface area contributed by atoms with Crippen LogP contribution in [0.15, 0.2) is 18.2 Å². The van der Waals surface area contributed by atoms with Crippen LogP contribution in [0.2, 0.25) is 0 Å². The van der Waals surface area contributed by atoms with Gasteiger partial charge in [0, 0.05) is 16.5 Å². The molecule has 23 heavy (non-hydrogen) atoms. The van der Waals surface area contributed by atoms with Gasteiger partial charge in [-0.3, -0.25) is 0 Å². The molecule has 0 spiro atoms. The number of nitrogens with zero attached hydrogens (tertiary/aromatic N) is 1. The molecular weight excluding hydrogens is 293 g/mol. The van der Waals surface area contributed by atoms with Gasteiger partial charge in [-0.25, -0.2) is 4.39 Å². The van der Waals surface area contributed by atoms with Gasteiger partial charge in [0.1, 0.15) is 5.82 Å². The second-order valence-electron chi connectivity index (χ2n) is 8.37. The molecule has 1 aromatic heterocycles. The van der Waals surface area contributed by atoms with Crippen molar-refractivity contribution >= 4 is 10.9 Å². The molecule has 128 valence electrons. The molecule has 0 aliphatic heterocycles. The Morgan fingerprint density at radius 2 is 1.65 bits per heavy atom. The SMILES string of the molecule is CC(C)(C)c1cc(F)c2c(c1)cc(C(C)(C)C)n2CC(O)CO. The molecule has 0 bridgehead atoms. The van der Waals surface area contributed by atoms with Crippen molar-refractivity contribution in [2.45, 2.75) is 65.0 Å². The molecule has 0 saturated carbocycles. The Labute approximate surface area is 137 Å². The molecule has 0 aliphatic carbocycles. The molecule has 2 N–H and O–H groups in total. The van der Waals surface area contributed by atoms with Crippen LogP contribution in [0.25, 0.3) is 10.9 Å². The van der Waals surface area contributed by atoms with Gasteiger partial charge in [0.25, 0.3) is 0 Å². The normalized spacial score (nSPS) is 14.5. The average Bonchev–Trinajstić information content (AvgIpc) is 2.76. The summed E-state index contributed by atoms with van der Waals surface area (Å²) in [5, 5.41) is 19.9. The molecule has 0 fully saturated rings. The number of rotatable bonds is 3. The van der Waals surface area contributed by atoms with E-state index in [0.29, 0.717) is 5.52 Å². The van der Waals surface area contributed by atoms with E-state index in [4.69, 9.17) is 5.11 Å². The Hall–Kier alpha value is -1.39. The van der Waals surface area contributed by atoms with E-state index in [1.54, 1.807) is 10.6 Å². The van der Waals surface area contributed by atoms with Crippen LogP contribution in [0.4, 0.5) is 4.39 Å². The summed E-state index contributed by atoms with van der Waals surface area (Å²) in [6.07, 6.45) is -0.909. The topological polar surface area (TPSA) is 45.4 Å². The van der Waals surface area contributed by atoms with E-state index in [1.165, 1.54) is 0 Å². The number of fused-ring (bicyclic) bond motifs is 1. The number of benzene rings is 1. The van der Waals surface area contributed by atoms with E-state index in [0.717, 1.165) is 16.6 Å². The van der Waals surface area contributed by atoms with Gasteiger partial charge in [-0.2, -0.15) is 0 Å². The molecular formula is C19H28FNO2. The lowest BCUT2D eigenvalue weighted by Gasteiger charge is -2.23. The summed E-state index contributed by atoms with van der Waals surface area (Å²) in [7, 11) is 0. The van der Waals surface area contributed by atoms with Crippen molar-refractivity contribution in [2.75, 3.05) is 6.61 Å². The van der Waals surface area contributed by atoms with Crippen molar-refractivity contribution in [1.29, 1.82) is 0 Å². The molecule has 0 aliphatic rings. The standard InChI is InChI=1S/C19H28FNO2/c1-18(2,3)13-7-12-8-16(19(4,5)6)21(10-14(23)11-22)17(12)15(20)9-13/h7-9,14,22-23H,10-11H2,1-6H3. The third-order valence-electron chi connectivity index (χ3n) is 4.18. The highest BCUT2D eigenvalue weighted by Crippen LogP contribution is 2.34. The van der Waals surface area contributed by atoms with Gasteiger partial charge >= 0.3 is 0 Å². The molecule has 1 unspecified atom stereocenters. The Kier molecular flexibility index (Phi) is 4.62. The summed E-state index contributed by atoms with van der Waals surface area (Å²) in [5.74, 6) is -0.284. The average molecular weight is 321 g/mol. The van der Waals surface area contributed by atoms with Crippen LogP contribution in [0, 0.1) is 5.82 Å². The zero-order chi connectivity index (χ0) is 17.6. The molecule has 0 radical (unpaired) electrons. The van der Waals surface area contributed by atoms with Crippen LogP contribution in [0.1, 0.15) is 52.8 Å². The van der Waals surface area contributed by atoms with E-state index in [9.17, 15) is 9.50 Å². The predicted octanol–water partition coefficient (Wildman–Crippen LogP) is 3.73. The molecule has 3 nitrogen and oxygen atoms in total. The third-order valence-corrected chi connectivity index (χ3v) is 4.18. The lowest BCUT2D eigenvalue weighted by atomic mass is 9.86. The highest BCUT2D eigenvalue weighted by molar-refractivity contribution is 5.83. The fraction of sp³-hybridized carbons (Fsp3) is 0.579. The fourth-order valence-electron chi connectivity index (χ4n) is 2.87. The van der Waals surface area contributed by atoms with Gasteiger partial charge in [-0.1, -0.05) is 41.5 Å². The van der Waals surface area contributed by atoms with Crippen LogP contribution in [0.3, 0.4) is 0 Å². The highest BCUT2D eigenvalue weighted by atomic mass is 19.1. The van der Waals surface area contributed by atoms with Crippen LogP contribution in [-0.4, -0.2) is 27.5 Å². The number of aliphatic hydroxyl groups is 2. The first kappa shape index (κ1) is 18.0. The van der Waals surface area contributed by atoms with Gasteiger partial charge in [-0.05, 0) is 29.2 Å². The summed E-state index contributed by atoms with van der Waals surface area (Å²) in [5.41, 5.74) is 2.06. The molecule has 0 amide bonds. The van der Waals surface area contributed by atoms with Gasteiger partial charge in [0.15, 0.2) is 0 Å². The van der Waals surface area contributed by atoms with Crippen LogP contribution in [0.5, 0.6) is 0 Å². The van der Waals surface area contributed by atoms with Crippen LogP contribution >= 0.6 is 0 Å². The van der Waals surface area contributed by atoms with Crippen LogP contribution < -0.4 is 0 Å². The summed E-state index contributed by atoms with van der Waals surface area (Å²) in [4.78, 5) is 0. The summed E-state index contributed by atoms with van der Waals surface area (Å²) in [6.45, 7) is 12.2. The Balaban J connectivity index is 2.75. The van der Waals surface area contributed by atoms with Crippen LogP contribution in [-0.2, 0) is 17.4 Å². The van der Waals surface area contributed by atoms with Gasteiger partial charge in [0.05, 0.1) is 24.8 Å². The number of halogens is 1. The Morgan fingerprint density at radius 3 is 2.13 bits per heavy atom. The maximum absolute atomic E-state index is 14.8. The molecule has 4 heteroatoms.